The third kappa shape index (κ3) is 3.74. The van der Waals surface area contributed by atoms with Crippen LogP contribution in [0.5, 0.6) is 0 Å². The van der Waals surface area contributed by atoms with E-state index in [9.17, 15) is 4.79 Å². The summed E-state index contributed by atoms with van der Waals surface area (Å²) in [5.41, 5.74) is 3.03. The average Bonchev–Trinajstić information content (AvgIpc) is 2.88. The number of hydrogen-bond acceptors (Lipinski definition) is 6. The molecule has 0 aliphatic carbocycles. The Kier molecular flexibility index (Phi) is 5.00. The van der Waals surface area contributed by atoms with E-state index in [2.05, 4.69) is 32.5 Å². The van der Waals surface area contributed by atoms with E-state index in [0.29, 0.717) is 18.1 Å². The first-order valence-corrected chi connectivity index (χ1v) is 7.31. The number of anilines is 1. The number of nitrogens with one attached hydrogen (secondary N) is 2. The first-order valence-electron chi connectivity index (χ1n) is 6.43. The molecular weight excluding hydrogens is 274 g/mol. The molecule has 2 N–H and O–H groups in total. The third-order valence-electron chi connectivity index (χ3n) is 2.68. The van der Waals surface area contributed by atoms with Crippen LogP contribution in [0.3, 0.4) is 0 Å². The Morgan fingerprint density at radius 3 is 2.95 bits per heavy atom. The summed E-state index contributed by atoms with van der Waals surface area (Å²) in [5.74, 6) is 0.388. The lowest BCUT2D eigenvalue weighted by molar-refractivity contribution is 0.0946. The summed E-state index contributed by atoms with van der Waals surface area (Å²) < 4.78 is 0. The van der Waals surface area contributed by atoms with Crippen molar-refractivity contribution in [1.82, 2.24) is 20.3 Å². The fourth-order valence-corrected chi connectivity index (χ4v) is 2.28. The summed E-state index contributed by atoms with van der Waals surface area (Å²) in [4.78, 5) is 25.5. The van der Waals surface area contributed by atoms with E-state index >= 15 is 0 Å². The number of carbonyl (C=O) groups excluding carboxylic acids is 1. The number of aryl methyl sites for hydroxylation is 1. The molecule has 20 heavy (non-hydrogen) atoms. The topological polar surface area (TPSA) is 79.8 Å². The molecule has 6 nitrogen and oxygen atoms in total. The number of rotatable bonds is 6. The van der Waals surface area contributed by atoms with Crippen molar-refractivity contribution in [1.29, 1.82) is 0 Å². The number of aromatic nitrogens is 3. The van der Waals surface area contributed by atoms with Crippen LogP contribution in [-0.4, -0.2) is 27.4 Å². The minimum Gasteiger partial charge on any atom is -0.369 e. The van der Waals surface area contributed by atoms with Crippen LogP contribution in [0, 0.1) is 6.92 Å². The van der Waals surface area contributed by atoms with Crippen LogP contribution in [0.4, 0.5) is 5.82 Å². The number of hydrogen-bond donors (Lipinski definition) is 2. The van der Waals surface area contributed by atoms with Crippen molar-refractivity contribution in [2.75, 3.05) is 11.9 Å². The molecule has 0 saturated heterocycles. The van der Waals surface area contributed by atoms with Crippen LogP contribution >= 0.6 is 11.3 Å². The van der Waals surface area contributed by atoms with Gasteiger partial charge in [0.15, 0.2) is 0 Å². The molecule has 0 aliphatic rings. The summed E-state index contributed by atoms with van der Waals surface area (Å²) in [6.45, 7) is 5.25. The molecule has 106 valence electrons. The van der Waals surface area contributed by atoms with E-state index in [-0.39, 0.29) is 5.91 Å². The molecular formula is C13H17N5OS. The zero-order chi connectivity index (χ0) is 14.4. The summed E-state index contributed by atoms with van der Waals surface area (Å²) in [6.07, 6.45) is 4.06. The molecule has 0 unspecified atom stereocenters. The molecule has 0 radical (unpaired) electrons. The number of thiazole rings is 1. The highest BCUT2D eigenvalue weighted by Gasteiger charge is 2.10. The highest BCUT2D eigenvalue weighted by Crippen LogP contribution is 2.11. The van der Waals surface area contributed by atoms with Crippen molar-refractivity contribution in [3.63, 3.8) is 0 Å². The van der Waals surface area contributed by atoms with E-state index in [1.54, 1.807) is 11.7 Å². The van der Waals surface area contributed by atoms with Gasteiger partial charge >= 0.3 is 0 Å². The summed E-state index contributed by atoms with van der Waals surface area (Å²) in [5, 5.41) is 5.93. The van der Waals surface area contributed by atoms with Crippen molar-refractivity contribution in [2.45, 2.75) is 26.8 Å². The number of amides is 1. The minimum absolute atomic E-state index is 0.231. The van der Waals surface area contributed by atoms with E-state index in [1.807, 2.05) is 6.92 Å². The van der Waals surface area contributed by atoms with Gasteiger partial charge in [0.2, 0.25) is 0 Å². The van der Waals surface area contributed by atoms with Gasteiger partial charge in [-0.05, 0) is 13.3 Å². The molecule has 2 aromatic heterocycles. The molecule has 0 aromatic carbocycles. The van der Waals surface area contributed by atoms with Crippen LogP contribution < -0.4 is 10.6 Å². The second kappa shape index (κ2) is 6.95. The Hall–Kier alpha value is -2.02. The molecule has 0 bridgehead atoms. The smallest absolute Gasteiger partial charge is 0.271 e. The van der Waals surface area contributed by atoms with E-state index < -0.39 is 0 Å². The van der Waals surface area contributed by atoms with Gasteiger partial charge in [0.1, 0.15) is 11.5 Å². The second-order valence-corrected chi connectivity index (χ2v) is 5.20. The lowest BCUT2D eigenvalue weighted by atomic mass is 10.3. The predicted molar refractivity (Wildman–Crippen MR) is 78.8 cm³/mol. The van der Waals surface area contributed by atoms with Crippen LogP contribution in [0.2, 0.25) is 0 Å². The van der Waals surface area contributed by atoms with Crippen molar-refractivity contribution in [3.05, 3.63) is 34.2 Å². The maximum atomic E-state index is 12.0. The van der Waals surface area contributed by atoms with Crippen molar-refractivity contribution >= 4 is 23.1 Å². The Morgan fingerprint density at radius 1 is 1.40 bits per heavy atom. The predicted octanol–water partition coefficient (Wildman–Crippen LogP) is 1.99. The molecule has 2 heterocycles. The average molecular weight is 291 g/mol. The maximum absolute atomic E-state index is 12.0. The third-order valence-corrected chi connectivity index (χ3v) is 3.61. The van der Waals surface area contributed by atoms with Gasteiger partial charge in [-0.25, -0.2) is 9.97 Å². The molecule has 2 rings (SSSR count). The zero-order valence-electron chi connectivity index (χ0n) is 11.5. The molecule has 0 fully saturated rings. The maximum Gasteiger partial charge on any atom is 0.271 e. The lowest BCUT2D eigenvalue weighted by Gasteiger charge is -2.06. The fourth-order valence-electron chi connectivity index (χ4n) is 1.56. The quantitative estimate of drug-likeness (QED) is 0.851. The first kappa shape index (κ1) is 14.4. The fraction of sp³-hybridized carbons (Fsp3) is 0.385. The largest absolute Gasteiger partial charge is 0.369 e. The number of carbonyl (C=O) groups is 1. The Bertz CT molecular complexity index is 584. The van der Waals surface area contributed by atoms with E-state index in [0.717, 1.165) is 23.5 Å². The molecule has 0 atom stereocenters. The van der Waals surface area contributed by atoms with Gasteiger partial charge in [0, 0.05) is 11.4 Å². The lowest BCUT2D eigenvalue weighted by Crippen LogP contribution is -2.24. The van der Waals surface area contributed by atoms with Gasteiger partial charge < -0.3 is 10.6 Å². The van der Waals surface area contributed by atoms with Crippen LogP contribution in [0.25, 0.3) is 0 Å². The zero-order valence-corrected chi connectivity index (χ0v) is 12.3. The van der Waals surface area contributed by atoms with Crippen LogP contribution in [0.1, 0.15) is 34.4 Å². The number of nitrogens with zero attached hydrogens (tertiary/aromatic N) is 3. The standard InChI is InChI=1S/C13H17N5OS/c1-3-4-15-12-7-14-5-10(18-12)13(19)16-6-11-9(2)17-8-20-11/h5,7-8H,3-4,6H2,1-2H3,(H,15,18)(H,16,19). The molecule has 1 amide bonds. The van der Waals surface area contributed by atoms with Crippen molar-refractivity contribution < 1.29 is 4.79 Å². The molecule has 0 saturated carbocycles. The van der Waals surface area contributed by atoms with Gasteiger partial charge in [-0.1, -0.05) is 6.92 Å². The summed E-state index contributed by atoms with van der Waals surface area (Å²) >= 11 is 1.53. The van der Waals surface area contributed by atoms with Gasteiger partial charge in [0.05, 0.1) is 30.1 Å². The van der Waals surface area contributed by atoms with Crippen molar-refractivity contribution in [2.24, 2.45) is 0 Å². The van der Waals surface area contributed by atoms with E-state index in [1.165, 1.54) is 17.5 Å². The van der Waals surface area contributed by atoms with Gasteiger partial charge in [-0.3, -0.25) is 9.78 Å². The Balaban J connectivity index is 1.96. The summed E-state index contributed by atoms with van der Waals surface area (Å²) in [6, 6.07) is 0. The minimum atomic E-state index is -0.231. The first-order chi connectivity index (χ1) is 9.70. The Morgan fingerprint density at radius 2 is 2.25 bits per heavy atom. The normalized spacial score (nSPS) is 10.3. The second-order valence-electron chi connectivity index (χ2n) is 4.26. The monoisotopic (exact) mass is 291 g/mol. The molecule has 0 aliphatic heterocycles. The van der Waals surface area contributed by atoms with Gasteiger partial charge in [-0.2, -0.15) is 0 Å². The van der Waals surface area contributed by atoms with Gasteiger partial charge in [-0.15, -0.1) is 11.3 Å². The summed E-state index contributed by atoms with van der Waals surface area (Å²) in [7, 11) is 0. The Labute approximate surface area is 121 Å². The van der Waals surface area contributed by atoms with Gasteiger partial charge in [0.25, 0.3) is 5.91 Å². The molecule has 2 aromatic rings. The highest BCUT2D eigenvalue weighted by atomic mass is 32.1. The highest BCUT2D eigenvalue weighted by molar-refractivity contribution is 7.09. The van der Waals surface area contributed by atoms with Crippen molar-refractivity contribution in [3.8, 4) is 0 Å². The van der Waals surface area contributed by atoms with Crippen LogP contribution in [-0.2, 0) is 6.54 Å². The van der Waals surface area contributed by atoms with E-state index in [4.69, 9.17) is 0 Å². The van der Waals surface area contributed by atoms with Crippen LogP contribution in [0.15, 0.2) is 17.9 Å². The molecule has 0 spiro atoms. The molecule has 7 heteroatoms. The SMILES string of the molecule is CCCNc1cncc(C(=O)NCc2scnc2C)n1.